The van der Waals surface area contributed by atoms with Gasteiger partial charge in [0.05, 0.1) is 38.0 Å². The molecular weight excluding hydrogens is 340 g/mol. The molecule has 2 aromatic rings. The van der Waals surface area contributed by atoms with Crippen LogP contribution in [-0.4, -0.2) is 32.4 Å². The average Bonchev–Trinajstić information content (AvgIpc) is 3.40. The molecule has 1 aliphatic rings. The first-order valence-corrected chi connectivity index (χ1v) is 9.03. The zero-order chi connectivity index (χ0) is 18.0. The Morgan fingerprint density at radius 2 is 2.00 bits per heavy atom. The summed E-state index contributed by atoms with van der Waals surface area (Å²) < 4.78 is 17.1. The van der Waals surface area contributed by atoms with Crippen LogP contribution in [0.25, 0.3) is 10.1 Å². The van der Waals surface area contributed by atoms with Gasteiger partial charge in [0, 0.05) is 16.0 Å². The van der Waals surface area contributed by atoms with Gasteiger partial charge in [0.1, 0.15) is 17.1 Å². The van der Waals surface area contributed by atoms with E-state index in [9.17, 15) is 9.59 Å². The van der Waals surface area contributed by atoms with E-state index in [0.29, 0.717) is 23.7 Å². The maximum Gasteiger partial charge on any atom is 0.203 e. The largest absolute Gasteiger partial charge is 0.501 e. The standard InChI is InChI=1S/C19H20O5S/c1-4-24-9-13(17(20)11-5-6-11)18(21)12-7-8-15-16(19(12)23-3)14(22-2)10-25-15/h7-11H,4-6H2,1-3H3. The van der Waals surface area contributed by atoms with Gasteiger partial charge in [0.15, 0.2) is 5.78 Å². The summed E-state index contributed by atoms with van der Waals surface area (Å²) >= 11 is 1.51. The minimum atomic E-state index is -0.377. The number of rotatable bonds is 8. The van der Waals surface area contributed by atoms with Gasteiger partial charge >= 0.3 is 0 Å². The predicted molar refractivity (Wildman–Crippen MR) is 96.7 cm³/mol. The highest BCUT2D eigenvalue weighted by Crippen LogP contribution is 2.42. The molecule has 25 heavy (non-hydrogen) atoms. The number of carbonyl (C=O) groups excluding carboxylic acids is 2. The summed E-state index contributed by atoms with van der Waals surface area (Å²) in [6.07, 6.45) is 2.94. The first-order valence-electron chi connectivity index (χ1n) is 8.15. The van der Waals surface area contributed by atoms with Crippen molar-refractivity contribution in [2.75, 3.05) is 20.8 Å². The Bertz CT molecular complexity index is 845. The second kappa shape index (κ2) is 7.27. The lowest BCUT2D eigenvalue weighted by Crippen LogP contribution is -2.16. The minimum Gasteiger partial charge on any atom is -0.501 e. The molecule has 1 aromatic carbocycles. The van der Waals surface area contributed by atoms with Crippen LogP contribution in [0.4, 0.5) is 0 Å². The molecule has 0 aliphatic heterocycles. The molecule has 0 spiro atoms. The third-order valence-corrected chi connectivity index (χ3v) is 5.08. The molecule has 5 nitrogen and oxygen atoms in total. The van der Waals surface area contributed by atoms with Crippen molar-refractivity contribution in [3.8, 4) is 11.5 Å². The highest BCUT2D eigenvalue weighted by atomic mass is 32.1. The summed E-state index contributed by atoms with van der Waals surface area (Å²) in [6, 6.07) is 3.54. The van der Waals surface area contributed by atoms with Gasteiger partial charge in [-0.25, -0.2) is 0 Å². The number of benzene rings is 1. The van der Waals surface area contributed by atoms with E-state index in [0.717, 1.165) is 22.9 Å². The van der Waals surface area contributed by atoms with E-state index in [4.69, 9.17) is 14.2 Å². The third-order valence-electron chi connectivity index (χ3n) is 4.15. The number of hydrogen-bond acceptors (Lipinski definition) is 6. The molecule has 0 N–H and O–H groups in total. The van der Waals surface area contributed by atoms with Crippen LogP contribution in [0.15, 0.2) is 29.3 Å². The third kappa shape index (κ3) is 3.26. The molecule has 132 valence electrons. The molecular formula is C19H20O5S. The number of fused-ring (bicyclic) bond motifs is 1. The summed E-state index contributed by atoms with van der Waals surface area (Å²) in [5.41, 5.74) is 0.419. The van der Waals surface area contributed by atoms with E-state index in [1.54, 1.807) is 13.2 Å². The Balaban J connectivity index is 2.09. The Hall–Kier alpha value is -2.34. The van der Waals surface area contributed by atoms with E-state index in [2.05, 4.69) is 0 Å². The zero-order valence-corrected chi connectivity index (χ0v) is 15.3. The average molecular weight is 360 g/mol. The smallest absolute Gasteiger partial charge is 0.203 e. The van der Waals surface area contributed by atoms with Crippen LogP contribution < -0.4 is 9.47 Å². The van der Waals surface area contributed by atoms with Gasteiger partial charge in [-0.3, -0.25) is 9.59 Å². The molecule has 1 aromatic heterocycles. The van der Waals surface area contributed by atoms with E-state index in [1.165, 1.54) is 24.7 Å². The van der Waals surface area contributed by atoms with E-state index in [-0.39, 0.29) is 23.1 Å². The van der Waals surface area contributed by atoms with Gasteiger partial charge in [0.2, 0.25) is 5.78 Å². The molecule has 3 rings (SSSR count). The number of methoxy groups -OCH3 is 2. The Morgan fingerprint density at radius 1 is 1.24 bits per heavy atom. The maximum atomic E-state index is 13.1. The van der Waals surface area contributed by atoms with Crippen molar-refractivity contribution in [3.63, 3.8) is 0 Å². The van der Waals surface area contributed by atoms with Crippen molar-refractivity contribution >= 4 is 33.0 Å². The summed E-state index contributed by atoms with van der Waals surface area (Å²) in [6.45, 7) is 2.20. The second-order valence-corrected chi connectivity index (χ2v) is 6.69. The van der Waals surface area contributed by atoms with Crippen LogP contribution in [0.2, 0.25) is 0 Å². The molecule has 0 radical (unpaired) electrons. The Kier molecular flexibility index (Phi) is 5.08. The molecule has 0 saturated heterocycles. The number of thiophene rings is 1. The van der Waals surface area contributed by atoms with Crippen molar-refractivity contribution < 1.29 is 23.8 Å². The number of carbonyl (C=O) groups is 2. The van der Waals surface area contributed by atoms with Crippen LogP contribution >= 0.6 is 11.3 Å². The van der Waals surface area contributed by atoms with Crippen molar-refractivity contribution in [1.82, 2.24) is 0 Å². The van der Waals surface area contributed by atoms with E-state index >= 15 is 0 Å². The second-order valence-electron chi connectivity index (χ2n) is 5.78. The van der Waals surface area contributed by atoms with Crippen LogP contribution in [0, 0.1) is 5.92 Å². The topological polar surface area (TPSA) is 61.8 Å². The molecule has 1 fully saturated rings. The summed E-state index contributed by atoms with van der Waals surface area (Å²) in [5.74, 6) is 0.471. The summed E-state index contributed by atoms with van der Waals surface area (Å²) in [5, 5.41) is 2.61. The zero-order valence-electron chi connectivity index (χ0n) is 14.5. The molecule has 0 amide bonds. The van der Waals surface area contributed by atoms with Crippen molar-refractivity contribution in [1.29, 1.82) is 0 Å². The summed E-state index contributed by atoms with van der Waals surface area (Å²) in [7, 11) is 3.09. The molecule has 1 saturated carbocycles. The Morgan fingerprint density at radius 3 is 2.60 bits per heavy atom. The van der Waals surface area contributed by atoms with Gasteiger partial charge in [-0.05, 0) is 31.9 Å². The number of allylic oxidation sites excluding steroid dienone is 1. The highest BCUT2D eigenvalue weighted by Gasteiger charge is 2.36. The molecule has 1 heterocycles. The van der Waals surface area contributed by atoms with Crippen LogP contribution in [0.3, 0.4) is 0 Å². The maximum absolute atomic E-state index is 13.1. The molecule has 0 unspecified atom stereocenters. The monoisotopic (exact) mass is 360 g/mol. The van der Waals surface area contributed by atoms with Crippen molar-refractivity contribution in [2.45, 2.75) is 19.8 Å². The van der Waals surface area contributed by atoms with Crippen LogP contribution in [0.5, 0.6) is 11.5 Å². The predicted octanol–water partition coefficient (Wildman–Crippen LogP) is 4.00. The summed E-state index contributed by atoms with van der Waals surface area (Å²) in [4.78, 5) is 25.6. The van der Waals surface area contributed by atoms with Crippen molar-refractivity contribution in [3.05, 3.63) is 34.9 Å². The number of Topliss-reactive ketones (excluding diaryl/α,β-unsaturated/α-hetero) is 2. The highest BCUT2D eigenvalue weighted by molar-refractivity contribution is 7.17. The lowest BCUT2D eigenvalue weighted by Gasteiger charge is -2.12. The first-order chi connectivity index (χ1) is 12.1. The molecule has 1 aliphatic carbocycles. The molecule has 0 atom stereocenters. The number of ether oxygens (including phenoxy) is 3. The number of hydrogen-bond donors (Lipinski definition) is 0. The Labute approximate surface area is 150 Å². The fourth-order valence-corrected chi connectivity index (χ4v) is 3.62. The molecule has 0 bridgehead atoms. The normalized spacial score (nSPS) is 14.4. The SMILES string of the molecule is CCOC=C(C(=O)c1ccc2scc(OC)c2c1OC)C(=O)C1CC1. The van der Waals surface area contributed by atoms with E-state index in [1.807, 2.05) is 18.4 Å². The first kappa shape index (κ1) is 17.5. The lowest BCUT2D eigenvalue weighted by molar-refractivity contribution is -0.116. The van der Waals surface area contributed by atoms with Gasteiger partial charge in [0.25, 0.3) is 0 Å². The fourth-order valence-electron chi connectivity index (χ4n) is 2.71. The van der Waals surface area contributed by atoms with Gasteiger partial charge in [-0.2, -0.15) is 0 Å². The fraction of sp³-hybridized carbons (Fsp3) is 0.368. The van der Waals surface area contributed by atoms with Gasteiger partial charge in [-0.15, -0.1) is 11.3 Å². The number of ketones is 2. The van der Waals surface area contributed by atoms with Crippen LogP contribution in [0.1, 0.15) is 30.1 Å². The van der Waals surface area contributed by atoms with Crippen LogP contribution in [-0.2, 0) is 9.53 Å². The quantitative estimate of drug-likeness (QED) is 0.234. The molecule has 6 heteroatoms. The van der Waals surface area contributed by atoms with Crippen molar-refractivity contribution in [2.24, 2.45) is 5.92 Å². The van der Waals surface area contributed by atoms with E-state index < -0.39 is 0 Å². The van der Waals surface area contributed by atoms with Gasteiger partial charge in [-0.1, -0.05) is 0 Å². The minimum absolute atomic E-state index is 0.0685. The van der Waals surface area contributed by atoms with Gasteiger partial charge < -0.3 is 14.2 Å². The lowest BCUT2D eigenvalue weighted by atomic mass is 9.97.